The van der Waals surface area contributed by atoms with Gasteiger partial charge in [0.05, 0.1) is 13.2 Å². The Kier molecular flexibility index (Phi) is 6.39. The van der Waals surface area contributed by atoms with Gasteiger partial charge in [0.1, 0.15) is 10.7 Å². The van der Waals surface area contributed by atoms with Crippen molar-refractivity contribution in [3.63, 3.8) is 0 Å². The van der Waals surface area contributed by atoms with Crippen LogP contribution in [-0.2, 0) is 0 Å². The number of aliphatic hydroxyl groups excluding tert-OH is 1. The van der Waals surface area contributed by atoms with Gasteiger partial charge in [-0.2, -0.15) is 0 Å². The predicted octanol–water partition coefficient (Wildman–Crippen LogP) is 1.79. The maximum absolute atomic E-state index is 9.28. The molecule has 1 aromatic rings. The Balaban J connectivity index is 2.38. The number of hydrogen-bond donors (Lipinski definition) is 2. The monoisotopic (exact) mass is 296 g/mol. The first kappa shape index (κ1) is 16.9. The van der Waals surface area contributed by atoms with Gasteiger partial charge in [0, 0.05) is 17.6 Å². The van der Waals surface area contributed by atoms with Gasteiger partial charge in [-0.1, -0.05) is 24.4 Å². The van der Waals surface area contributed by atoms with Gasteiger partial charge in [-0.05, 0) is 39.4 Å². The van der Waals surface area contributed by atoms with E-state index in [2.05, 4.69) is 4.90 Å². The third-order valence-electron chi connectivity index (χ3n) is 3.45. The second kappa shape index (κ2) is 7.57. The van der Waals surface area contributed by atoms with Crippen molar-refractivity contribution < 1.29 is 9.84 Å². The molecule has 0 amide bonds. The van der Waals surface area contributed by atoms with E-state index in [4.69, 9.17) is 22.7 Å². The Hall–Kier alpha value is -1.17. The summed E-state index contributed by atoms with van der Waals surface area (Å²) in [6.45, 7) is 5.65. The molecule has 4 nitrogen and oxygen atoms in total. The van der Waals surface area contributed by atoms with Crippen LogP contribution in [0.1, 0.15) is 25.8 Å². The summed E-state index contributed by atoms with van der Waals surface area (Å²) in [4.78, 5) is 2.50. The summed E-state index contributed by atoms with van der Waals surface area (Å²) in [5.41, 5.74) is 6.20. The van der Waals surface area contributed by atoms with Gasteiger partial charge in [-0.25, -0.2) is 0 Å². The molecule has 5 heteroatoms. The van der Waals surface area contributed by atoms with Crippen LogP contribution in [0.15, 0.2) is 24.3 Å². The van der Waals surface area contributed by atoms with Gasteiger partial charge < -0.3 is 15.6 Å². The molecule has 3 N–H and O–H groups in total. The van der Waals surface area contributed by atoms with Gasteiger partial charge >= 0.3 is 0 Å². The molecule has 20 heavy (non-hydrogen) atoms. The first-order chi connectivity index (χ1) is 9.36. The van der Waals surface area contributed by atoms with E-state index in [1.165, 1.54) is 0 Å². The molecule has 0 aliphatic heterocycles. The van der Waals surface area contributed by atoms with E-state index in [-0.39, 0.29) is 12.1 Å². The predicted molar refractivity (Wildman–Crippen MR) is 86.2 cm³/mol. The number of benzene rings is 1. The van der Waals surface area contributed by atoms with Crippen LogP contribution in [0.25, 0.3) is 0 Å². The molecule has 0 saturated heterocycles. The summed E-state index contributed by atoms with van der Waals surface area (Å²) in [6, 6.07) is 7.49. The SMILES string of the molecule is CN(CCCOc1cccc(C(N)=S)c1)C(C)(C)CO. The Morgan fingerprint density at radius 1 is 1.45 bits per heavy atom. The van der Waals surface area contributed by atoms with E-state index >= 15 is 0 Å². The Bertz CT molecular complexity index is 449. The van der Waals surface area contributed by atoms with Crippen molar-refractivity contribution >= 4 is 17.2 Å². The highest BCUT2D eigenvalue weighted by atomic mass is 32.1. The molecule has 0 heterocycles. The molecule has 0 atom stereocenters. The molecule has 0 unspecified atom stereocenters. The quantitative estimate of drug-likeness (QED) is 0.566. The van der Waals surface area contributed by atoms with E-state index < -0.39 is 0 Å². The number of ether oxygens (including phenoxy) is 1. The van der Waals surface area contributed by atoms with E-state index in [1.54, 1.807) is 0 Å². The third-order valence-corrected chi connectivity index (χ3v) is 3.68. The first-order valence-electron chi connectivity index (χ1n) is 6.71. The third kappa shape index (κ3) is 5.07. The van der Waals surface area contributed by atoms with Crippen LogP contribution < -0.4 is 10.5 Å². The maximum Gasteiger partial charge on any atom is 0.119 e. The lowest BCUT2D eigenvalue weighted by Crippen LogP contribution is -2.44. The molecule has 0 spiro atoms. The largest absolute Gasteiger partial charge is 0.494 e. The highest BCUT2D eigenvalue weighted by Gasteiger charge is 2.21. The first-order valence-corrected chi connectivity index (χ1v) is 7.12. The highest BCUT2D eigenvalue weighted by molar-refractivity contribution is 7.80. The number of hydrogen-bond acceptors (Lipinski definition) is 4. The maximum atomic E-state index is 9.28. The number of thiocarbonyl (C=S) groups is 1. The van der Waals surface area contributed by atoms with Crippen LogP contribution in [0.5, 0.6) is 5.75 Å². The number of nitrogens with zero attached hydrogens (tertiary/aromatic N) is 1. The molecular weight excluding hydrogens is 272 g/mol. The average molecular weight is 296 g/mol. The number of nitrogens with two attached hydrogens (primary N) is 1. The molecule has 112 valence electrons. The topological polar surface area (TPSA) is 58.7 Å². The zero-order chi connectivity index (χ0) is 15.2. The Morgan fingerprint density at radius 2 is 2.15 bits per heavy atom. The molecule has 0 aromatic heterocycles. The fraction of sp³-hybridized carbons (Fsp3) is 0.533. The lowest BCUT2D eigenvalue weighted by Gasteiger charge is -2.33. The lowest BCUT2D eigenvalue weighted by molar-refractivity contribution is 0.0747. The van der Waals surface area contributed by atoms with Crippen LogP contribution in [0, 0.1) is 0 Å². The fourth-order valence-electron chi connectivity index (χ4n) is 1.65. The number of aliphatic hydroxyl groups is 1. The van der Waals surface area contributed by atoms with E-state index in [1.807, 2.05) is 45.2 Å². The van der Waals surface area contributed by atoms with Crippen molar-refractivity contribution in [2.24, 2.45) is 5.73 Å². The second-order valence-corrected chi connectivity index (χ2v) is 5.93. The van der Waals surface area contributed by atoms with E-state index in [9.17, 15) is 5.11 Å². The van der Waals surface area contributed by atoms with Crippen LogP contribution in [0.3, 0.4) is 0 Å². The summed E-state index contributed by atoms with van der Waals surface area (Å²) in [6.07, 6.45) is 0.886. The highest BCUT2D eigenvalue weighted by Crippen LogP contribution is 2.14. The van der Waals surface area contributed by atoms with Crippen molar-refractivity contribution in [1.82, 2.24) is 4.90 Å². The fourth-order valence-corrected chi connectivity index (χ4v) is 1.78. The molecule has 1 aromatic carbocycles. The average Bonchev–Trinajstić information content (AvgIpc) is 2.43. The van der Waals surface area contributed by atoms with Crippen molar-refractivity contribution in [1.29, 1.82) is 0 Å². The van der Waals surface area contributed by atoms with Gasteiger partial charge in [-0.3, -0.25) is 4.90 Å². The molecule has 1 rings (SSSR count). The lowest BCUT2D eigenvalue weighted by atomic mass is 10.1. The van der Waals surface area contributed by atoms with Gasteiger partial charge in [0.25, 0.3) is 0 Å². The standard InChI is InChI=1S/C15H24N2O2S/c1-15(2,11-18)17(3)8-5-9-19-13-7-4-6-12(10-13)14(16)20/h4,6-7,10,18H,5,8-9,11H2,1-3H3,(H2,16,20). The van der Waals surface area contributed by atoms with E-state index in [0.29, 0.717) is 11.6 Å². The molecule has 0 radical (unpaired) electrons. The second-order valence-electron chi connectivity index (χ2n) is 5.49. The van der Waals surface area contributed by atoms with Crippen LogP contribution >= 0.6 is 12.2 Å². The van der Waals surface area contributed by atoms with Crippen LogP contribution in [0.2, 0.25) is 0 Å². The van der Waals surface area contributed by atoms with Crippen molar-refractivity contribution in [2.75, 3.05) is 26.8 Å². The Morgan fingerprint density at radius 3 is 2.75 bits per heavy atom. The minimum Gasteiger partial charge on any atom is -0.494 e. The van der Waals surface area contributed by atoms with Crippen molar-refractivity contribution in [3.8, 4) is 5.75 Å². The smallest absolute Gasteiger partial charge is 0.119 e. The normalized spacial score (nSPS) is 11.7. The van der Waals surface area contributed by atoms with Crippen molar-refractivity contribution in [3.05, 3.63) is 29.8 Å². The number of rotatable bonds is 8. The Labute approximate surface area is 126 Å². The van der Waals surface area contributed by atoms with Crippen molar-refractivity contribution in [2.45, 2.75) is 25.8 Å². The molecule has 0 bridgehead atoms. The molecule has 0 aliphatic rings. The van der Waals surface area contributed by atoms with Gasteiger partial charge in [-0.15, -0.1) is 0 Å². The molecular formula is C15H24N2O2S. The van der Waals surface area contributed by atoms with Crippen LogP contribution in [-0.4, -0.2) is 47.3 Å². The molecule has 0 saturated carbocycles. The zero-order valence-electron chi connectivity index (χ0n) is 12.4. The summed E-state index contributed by atoms with van der Waals surface area (Å²) in [5, 5.41) is 9.28. The van der Waals surface area contributed by atoms with Gasteiger partial charge in [0.2, 0.25) is 0 Å². The summed E-state index contributed by atoms with van der Waals surface area (Å²) in [5.74, 6) is 0.777. The molecule has 0 fully saturated rings. The summed E-state index contributed by atoms with van der Waals surface area (Å²) in [7, 11) is 2.00. The minimum absolute atomic E-state index is 0.139. The zero-order valence-corrected chi connectivity index (χ0v) is 13.2. The van der Waals surface area contributed by atoms with Crippen LogP contribution in [0.4, 0.5) is 0 Å². The summed E-state index contributed by atoms with van der Waals surface area (Å²) >= 11 is 4.94. The number of likely N-dealkylation sites (N-methyl/N-ethyl adjacent to an activating group) is 1. The minimum atomic E-state index is -0.203. The van der Waals surface area contributed by atoms with Gasteiger partial charge in [0.15, 0.2) is 0 Å². The molecule has 0 aliphatic carbocycles. The summed E-state index contributed by atoms with van der Waals surface area (Å²) < 4.78 is 5.69. The van der Waals surface area contributed by atoms with E-state index in [0.717, 1.165) is 24.3 Å².